The van der Waals surface area contributed by atoms with Crippen molar-refractivity contribution in [3.8, 4) is 0 Å². The van der Waals surface area contributed by atoms with E-state index in [1.165, 1.54) is 11.3 Å². The smallest absolute Gasteiger partial charge is 0.279 e. The van der Waals surface area contributed by atoms with Crippen molar-refractivity contribution in [1.29, 1.82) is 0 Å². The number of hydrogen-bond donors (Lipinski definition) is 1. The van der Waals surface area contributed by atoms with Gasteiger partial charge in [-0.25, -0.2) is 0 Å². The van der Waals surface area contributed by atoms with Crippen molar-refractivity contribution in [2.75, 3.05) is 5.32 Å². The van der Waals surface area contributed by atoms with Gasteiger partial charge in [0.2, 0.25) is 0 Å². The van der Waals surface area contributed by atoms with E-state index in [1.807, 2.05) is 32.0 Å². The van der Waals surface area contributed by atoms with Crippen LogP contribution in [0.4, 0.5) is 5.69 Å². The van der Waals surface area contributed by atoms with Crippen molar-refractivity contribution in [2.24, 2.45) is 0 Å². The second kappa shape index (κ2) is 6.36. The number of aryl methyl sites for hydroxylation is 2. The zero-order chi connectivity index (χ0) is 16.6. The molecule has 0 unspecified atom stereocenters. The van der Waals surface area contributed by atoms with Crippen molar-refractivity contribution >= 4 is 29.1 Å². The van der Waals surface area contributed by atoms with Crippen LogP contribution in [-0.2, 0) is 9.59 Å². The average molecular weight is 333 g/mol. The Bertz CT molecular complexity index is 690. The summed E-state index contributed by atoms with van der Waals surface area (Å²) in [5.74, 6) is -0.663. The molecule has 4 nitrogen and oxygen atoms in total. The van der Waals surface area contributed by atoms with Crippen molar-refractivity contribution in [3.05, 3.63) is 40.1 Å². The van der Waals surface area contributed by atoms with Gasteiger partial charge in [0.15, 0.2) is 0 Å². The minimum absolute atomic E-state index is 0.00137. The normalized spacial score (nSPS) is 19.7. The molecule has 0 bridgehead atoms. The summed E-state index contributed by atoms with van der Waals surface area (Å²) in [6.07, 6.45) is 5.02. The summed E-state index contributed by atoms with van der Waals surface area (Å²) >= 11 is 6.18. The lowest BCUT2D eigenvalue weighted by Gasteiger charge is -2.29. The van der Waals surface area contributed by atoms with E-state index in [0.29, 0.717) is 0 Å². The fourth-order valence-electron chi connectivity index (χ4n) is 3.30. The highest BCUT2D eigenvalue weighted by molar-refractivity contribution is 6.48. The van der Waals surface area contributed by atoms with Crippen LogP contribution in [0.3, 0.4) is 0 Å². The molecule has 0 radical (unpaired) electrons. The molecule has 1 aliphatic heterocycles. The number of imide groups is 1. The van der Waals surface area contributed by atoms with Gasteiger partial charge in [-0.2, -0.15) is 0 Å². The average Bonchev–Trinajstić information content (AvgIpc) is 2.75. The first-order chi connectivity index (χ1) is 11.0. The topological polar surface area (TPSA) is 49.4 Å². The van der Waals surface area contributed by atoms with Gasteiger partial charge in [-0.15, -0.1) is 0 Å². The third kappa shape index (κ3) is 3.00. The summed E-state index contributed by atoms with van der Waals surface area (Å²) in [7, 11) is 0. The summed E-state index contributed by atoms with van der Waals surface area (Å²) in [6, 6.07) is 5.92. The van der Waals surface area contributed by atoms with Gasteiger partial charge in [-0.05, 0) is 43.9 Å². The summed E-state index contributed by atoms with van der Waals surface area (Å²) in [5.41, 5.74) is 3.10. The summed E-state index contributed by atoms with van der Waals surface area (Å²) in [6.45, 7) is 3.94. The molecule has 0 spiro atoms. The quantitative estimate of drug-likeness (QED) is 0.855. The van der Waals surface area contributed by atoms with Gasteiger partial charge in [-0.1, -0.05) is 43.0 Å². The van der Waals surface area contributed by atoms with E-state index < -0.39 is 0 Å². The Morgan fingerprint density at radius 2 is 1.78 bits per heavy atom. The molecule has 122 valence electrons. The lowest BCUT2D eigenvalue weighted by molar-refractivity contribution is -0.140. The first-order valence-electron chi connectivity index (χ1n) is 8.11. The first-order valence-corrected chi connectivity index (χ1v) is 8.49. The van der Waals surface area contributed by atoms with E-state index in [9.17, 15) is 9.59 Å². The largest absolute Gasteiger partial charge is 0.349 e. The van der Waals surface area contributed by atoms with Crippen molar-refractivity contribution < 1.29 is 9.59 Å². The molecular formula is C18H21ClN2O2. The van der Waals surface area contributed by atoms with Crippen LogP contribution in [0.15, 0.2) is 28.9 Å². The van der Waals surface area contributed by atoms with Crippen LogP contribution in [0.1, 0.15) is 43.2 Å². The highest BCUT2D eigenvalue weighted by Crippen LogP contribution is 2.32. The molecule has 5 heteroatoms. The first kappa shape index (κ1) is 16.1. The van der Waals surface area contributed by atoms with Crippen LogP contribution < -0.4 is 5.32 Å². The Morgan fingerprint density at radius 3 is 2.48 bits per heavy atom. The number of halogens is 1. The lowest BCUT2D eigenvalue weighted by Crippen LogP contribution is -2.42. The molecule has 3 rings (SSSR count). The van der Waals surface area contributed by atoms with E-state index in [-0.39, 0.29) is 28.6 Å². The van der Waals surface area contributed by atoms with Crippen molar-refractivity contribution in [2.45, 2.75) is 52.0 Å². The van der Waals surface area contributed by atoms with Gasteiger partial charge in [-0.3, -0.25) is 14.5 Å². The van der Waals surface area contributed by atoms with E-state index in [2.05, 4.69) is 5.32 Å². The molecule has 0 atom stereocenters. The van der Waals surface area contributed by atoms with Crippen LogP contribution in [0.25, 0.3) is 0 Å². The zero-order valence-corrected chi connectivity index (χ0v) is 14.2. The number of anilines is 1. The second-order valence-corrected chi connectivity index (χ2v) is 6.78. The number of nitrogens with one attached hydrogen (secondary N) is 1. The molecule has 2 aliphatic rings. The third-order valence-corrected chi connectivity index (χ3v) is 5.00. The minimum atomic E-state index is -0.364. The monoisotopic (exact) mass is 332 g/mol. The van der Waals surface area contributed by atoms with Gasteiger partial charge in [0.1, 0.15) is 10.7 Å². The van der Waals surface area contributed by atoms with E-state index in [0.717, 1.165) is 42.5 Å². The van der Waals surface area contributed by atoms with E-state index in [1.54, 1.807) is 0 Å². The zero-order valence-electron chi connectivity index (χ0n) is 13.5. The SMILES string of the molecule is Cc1ccc(C)c(NC2=C(Cl)C(=O)N(C3CCCCC3)C2=O)c1. The maximum absolute atomic E-state index is 12.7. The van der Waals surface area contributed by atoms with Gasteiger partial charge >= 0.3 is 0 Å². The van der Waals surface area contributed by atoms with Gasteiger partial charge in [0, 0.05) is 11.7 Å². The second-order valence-electron chi connectivity index (χ2n) is 6.40. The Morgan fingerprint density at radius 1 is 1.09 bits per heavy atom. The molecule has 0 aromatic heterocycles. The molecule has 1 aromatic carbocycles. The molecule has 1 aliphatic carbocycles. The number of benzene rings is 1. The van der Waals surface area contributed by atoms with Gasteiger partial charge in [0.25, 0.3) is 11.8 Å². The summed E-state index contributed by atoms with van der Waals surface area (Å²) in [5, 5.41) is 3.09. The lowest BCUT2D eigenvalue weighted by atomic mass is 9.94. The molecule has 1 heterocycles. The Hall–Kier alpha value is -1.81. The third-order valence-electron chi connectivity index (χ3n) is 4.65. The fraction of sp³-hybridized carbons (Fsp3) is 0.444. The number of carbonyl (C=O) groups is 2. The number of carbonyl (C=O) groups excluding carboxylic acids is 2. The molecule has 1 saturated carbocycles. The molecule has 0 saturated heterocycles. The van der Waals surface area contributed by atoms with Crippen LogP contribution in [0, 0.1) is 13.8 Å². The van der Waals surface area contributed by atoms with Crippen molar-refractivity contribution in [3.63, 3.8) is 0 Å². The number of nitrogens with zero attached hydrogens (tertiary/aromatic N) is 1. The van der Waals surface area contributed by atoms with Crippen molar-refractivity contribution in [1.82, 2.24) is 4.90 Å². The highest BCUT2D eigenvalue weighted by atomic mass is 35.5. The fourth-order valence-corrected chi connectivity index (χ4v) is 3.52. The maximum Gasteiger partial charge on any atom is 0.279 e. The maximum atomic E-state index is 12.7. The van der Waals surface area contributed by atoms with Gasteiger partial charge < -0.3 is 5.32 Å². The Balaban J connectivity index is 1.86. The predicted molar refractivity (Wildman–Crippen MR) is 91.1 cm³/mol. The van der Waals surface area contributed by atoms with Crippen LogP contribution >= 0.6 is 11.6 Å². The molecule has 2 amide bonds. The predicted octanol–water partition coefficient (Wildman–Crippen LogP) is 3.87. The number of rotatable bonds is 3. The molecule has 1 fully saturated rings. The van der Waals surface area contributed by atoms with Crippen LogP contribution in [0.5, 0.6) is 0 Å². The molecule has 23 heavy (non-hydrogen) atoms. The van der Waals surface area contributed by atoms with Crippen LogP contribution in [-0.4, -0.2) is 22.8 Å². The van der Waals surface area contributed by atoms with E-state index in [4.69, 9.17) is 11.6 Å². The van der Waals surface area contributed by atoms with E-state index >= 15 is 0 Å². The molecular weight excluding hydrogens is 312 g/mol. The summed E-state index contributed by atoms with van der Waals surface area (Å²) in [4.78, 5) is 26.5. The minimum Gasteiger partial charge on any atom is -0.349 e. The standard InChI is InChI=1S/C18H21ClN2O2/c1-11-8-9-12(2)14(10-11)20-16-15(19)17(22)21(18(16)23)13-6-4-3-5-7-13/h8-10,13,20H,3-7H2,1-2H3. The number of hydrogen-bond acceptors (Lipinski definition) is 3. The molecule has 1 N–H and O–H groups in total. The Labute approximate surface area is 141 Å². The highest BCUT2D eigenvalue weighted by Gasteiger charge is 2.42. The van der Waals surface area contributed by atoms with Gasteiger partial charge in [0.05, 0.1) is 0 Å². The van der Waals surface area contributed by atoms with Crippen LogP contribution in [0.2, 0.25) is 0 Å². The number of amides is 2. The summed E-state index contributed by atoms with van der Waals surface area (Å²) < 4.78 is 0. The Kier molecular flexibility index (Phi) is 4.44. The molecule has 1 aromatic rings.